The van der Waals surface area contributed by atoms with Crippen LogP contribution in [-0.4, -0.2) is 9.85 Å². The number of benzene rings is 4. The van der Waals surface area contributed by atoms with E-state index in [1.165, 1.54) is 24.3 Å². The summed E-state index contributed by atoms with van der Waals surface area (Å²) in [5.41, 5.74) is 3.72. The molecule has 35 heavy (non-hydrogen) atoms. The summed E-state index contributed by atoms with van der Waals surface area (Å²) in [5, 5.41) is 23.1. The third-order valence-electron chi connectivity index (χ3n) is 5.43. The van der Waals surface area contributed by atoms with Gasteiger partial charge in [-0.3, -0.25) is 20.2 Å². The lowest BCUT2D eigenvalue weighted by atomic mass is 10.0. The van der Waals surface area contributed by atoms with Gasteiger partial charge in [0.15, 0.2) is 0 Å². The van der Waals surface area contributed by atoms with Crippen molar-refractivity contribution in [3.8, 4) is 0 Å². The Morgan fingerprint density at radius 1 is 0.514 bits per heavy atom. The number of thioether (sulfide) groups is 1. The first kappa shape index (κ1) is 24.7. The third kappa shape index (κ3) is 6.00. The fourth-order valence-corrected chi connectivity index (χ4v) is 5.43. The van der Waals surface area contributed by atoms with Crippen LogP contribution < -0.4 is 0 Å². The molecule has 176 valence electrons. The molecule has 0 aromatic heterocycles. The molecular weight excluding hydrogens is 507 g/mol. The Balaban J connectivity index is 1.79. The van der Waals surface area contributed by atoms with Crippen molar-refractivity contribution in [3.05, 3.63) is 150 Å². The van der Waals surface area contributed by atoms with E-state index in [2.05, 4.69) is 0 Å². The molecule has 0 aliphatic heterocycles. The number of nitrogens with zero attached hydrogens (tertiary/aromatic N) is 2. The number of halogens is 2. The molecule has 9 heteroatoms. The molecule has 0 amide bonds. The van der Waals surface area contributed by atoms with E-state index in [-0.39, 0.29) is 21.9 Å². The minimum Gasteiger partial charge on any atom is -0.258 e. The molecule has 2 atom stereocenters. The average molecular weight is 525 g/mol. The molecule has 4 aromatic carbocycles. The van der Waals surface area contributed by atoms with Gasteiger partial charge in [-0.2, -0.15) is 0 Å². The lowest BCUT2D eigenvalue weighted by Crippen LogP contribution is -2.04. The minimum atomic E-state index is -0.429. The molecule has 0 fully saturated rings. The van der Waals surface area contributed by atoms with Crippen LogP contribution in [0.15, 0.2) is 97.1 Å². The Morgan fingerprint density at radius 3 is 1.03 bits per heavy atom. The molecule has 6 nitrogen and oxygen atoms in total. The van der Waals surface area contributed by atoms with Gasteiger partial charge in [-0.15, -0.1) is 11.8 Å². The van der Waals surface area contributed by atoms with E-state index >= 15 is 0 Å². The quantitative estimate of drug-likeness (QED) is 0.170. The summed E-state index contributed by atoms with van der Waals surface area (Å²) in [6.45, 7) is 0. The fourth-order valence-electron chi connectivity index (χ4n) is 3.65. The second-order valence-corrected chi connectivity index (χ2v) is 9.78. The molecule has 0 N–H and O–H groups in total. The van der Waals surface area contributed by atoms with Crippen LogP contribution in [0.2, 0.25) is 10.0 Å². The maximum atomic E-state index is 11.2. The number of non-ortho nitro benzene ring substituents is 2. The highest BCUT2D eigenvalue weighted by Gasteiger charge is 2.25. The molecule has 0 bridgehead atoms. The summed E-state index contributed by atoms with van der Waals surface area (Å²) >= 11 is 13.9. The first-order valence-electron chi connectivity index (χ1n) is 10.5. The Bertz CT molecular complexity index is 1230. The molecule has 0 heterocycles. The molecule has 2 unspecified atom stereocenters. The highest BCUT2D eigenvalue weighted by Crippen LogP contribution is 2.48. The number of rotatable bonds is 8. The maximum Gasteiger partial charge on any atom is 0.269 e. The van der Waals surface area contributed by atoms with Crippen molar-refractivity contribution in [3.63, 3.8) is 0 Å². The van der Waals surface area contributed by atoms with Gasteiger partial charge in [0.25, 0.3) is 11.4 Å². The summed E-state index contributed by atoms with van der Waals surface area (Å²) in [4.78, 5) is 21.5. The van der Waals surface area contributed by atoms with E-state index in [1.807, 2.05) is 24.3 Å². The van der Waals surface area contributed by atoms with Crippen molar-refractivity contribution in [2.24, 2.45) is 0 Å². The summed E-state index contributed by atoms with van der Waals surface area (Å²) in [6.07, 6.45) is 0. The molecule has 0 aliphatic carbocycles. The normalized spacial score (nSPS) is 12.6. The summed E-state index contributed by atoms with van der Waals surface area (Å²) in [5.74, 6) is 0. The molecule has 0 aliphatic rings. The van der Waals surface area contributed by atoms with Gasteiger partial charge in [0, 0.05) is 34.3 Å². The van der Waals surface area contributed by atoms with E-state index in [4.69, 9.17) is 23.2 Å². The smallest absolute Gasteiger partial charge is 0.258 e. The molecule has 4 rings (SSSR count). The van der Waals surface area contributed by atoms with E-state index in [1.54, 1.807) is 60.3 Å². The first-order valence-corrected chi connectivity index (χ1v) is 12.2. The van der Waals surface area contributed by atoms with Gasteiger partial charge in [-0.1, -0.05) is 71.7 Å². The Labute approximate surface area is 215 Å². The monoisotopic (exact) mass is 524 g/mol. The molecule has 4 aromatic rings. The van der Waals surface area contributed by atoms with E-state index in [0.29, 0.717) is 10.0 Å². The summed E-state index contributed by atoms with van der Waals surface area (Å²) in [6, 6.07) is 27.9. The highest BCUT2D eigenvalue weighted by atomic mass is 35.5. The Morgan fingerprint density at radius 2 is 0.771 bits per heavy atom. The fraction of sp³-hybridized carbons (Fsp3) is 0.0769. The van der Waals surface area contributed by atoms with E-state index in [9.17, 15) is 20.2 Å². The van der Waals surface area contributed by atoms with Crippen LogP contribution in [-0.2, 0) is 0 Å². The zero-order chi connectivity index (χ0) is 24.9. The van der Waals surface area contributed by atoms with Gasteiger partial charge in [-0.05, 0) is 46.5 Å². The van der Waals surface area contributed by atoms with Crippen molar-refractivity contribution in [1.29, 1.82) is 0 Å². The van der Waals surface area contributed by atoms with Crippen LogP contribution in [0, 0.1) is 20.2 Å². The van der Waals surface area contributed by atoms with Gasteiger partial charge in [0.2, 0.25) is 0 Å². The van der Waals surface area contributed by atoms with Crippen molar-refractivity contribution < 1.29 is 9.85 Å². The van der Waals surface area contributed by atoms with Crippen LogP contribution in [0.3, 0.4) is 0 Å². The predicted octanol–water partition coefficient (Wildman–Crippen LogP) is 8.42. The lowest BCUT2D eigenvalue weighted by molar-refractivity contribution is -0.385. The topological polar surface area (TPSA) is 86.3 Å². The largest absolute Gasteiger partial charge is 0.269 e. The van der Waals surface area contributed by atoms with Gasteiger partial charge >= 0.3 is 0 Å². The second-order valence-electron chi connectivity index (χ2n) is 7.70. The third-order valence-corrected chi connectivity index (χ3v) is 7.57. The zero-order valence-corrected chi connectivity index (χ0v) is 20.4. The lowest BCUT2D eigenvalue weighted by Gasteiger charge is -2.25. The Kier molecular flexibility index (Phi) is 7.70. The van der Waals surface area contributed by atoms with Crippen molar-refractivity contribution in [2.45, 2.75) is 10.5 Å². The molecule has 0 saturated carbocycles. The maximum absolute atomic E-state index is 11.2. The van der Waals surface area contributed by atoms with Gasteiger partial charge < -0.3 is 0 Å². The van der Waals surface area contributed by atoms with Crippen LogP contribution in [0.4, 0.5) is 11.4 Å². The standard InChI is InChI=1S/C26H18Cl2N2O4S/c27-21-9-1-17(2-10-21)25(19-5-13-23(14-6-19)29(31)32)35-26(18-3-11-22(28)12-4-18)20-7-15-24(16-8-20)30(33)34/h1-16,25-26H. The minimum absolute atomic E-state index is 0.0122. The zero-order valence-electron chi connectivity index (χ0n) is 18.1. The summed E-state index contributed by atoms with van der Waals surface area (Å²) < 4.78 is 0. The van der Waals surface area contributed by atoms with Crippen molar-refractivity contribution in [1.82, 2.24) is 0 Å². The van der Waals surface area contributed by atoms with E-state index in [0.717, 1.165) is 22.3 Å². The van der Waals surface area contributed by atoms with Crippen molar-refractivity contribution >= 4 is 46.3 Å². The number of hydrogen-bond acceptors (Lipinski definition) is 5. The molecular formula is C26H18Cl2N2O4S. The van der Waals surface area contributed by atoms with Crippen LogP contribution >= 0.6 is 35.0 Å². The molecule has 0 radical (unpaired) electrons. The SMILES string of the molecule is O=[N+]([O-])c1ccc(C(SC(c2ccc(Cl)cc2)c2ccc([N+](=O)[O-])cc2)c2ccc(Cl)cc2)cc1. The van der Waals surface area contributed by atoms with Gasteiger partial charge in [0.05, 0.1) is 20.3 Å². The van der Waals surface area contributed by atoms with Crippen LogP contribution in [0.1, 0.15) is 32.8 Å². The first-order chi connectivity index (χ1) is 16.8. The van der Waals surface area contributed by atoms with Crippen molar-refractivity contribution in [2.75, 3.05) is 0 Å². The second kappa shape index (κ2) is 10.9. The average Bonchev–Trinajstić information content (AvgIpc) is 2.86. The van der Waals surface area contributed by atoms with Gasteiger partial charge in [-0.25, -0.2) is 0 Å². The predicted molar refractivity (Wildman–Crippen MR) is 140 cm³/mol. The van der Waals surface area contributed by atoms with Crippen LogP contribution in [0.5, 0.6) is 0 Å². The summed E-state index contributed by atoms with van der Waals surface area (Å²) in [7, 11) is 0. The van der Waals surface area contributed by atoms with Crippen LogP contribution in [0.25, 0.3) is 0 Å². The number of nitro groups is 2. The highest BCUT2D eigenvalue weighted by molar-refractivity contribution is 8.00. The molecule has 0 spiro atoms. The van der Waals surface area contributed by atoms with E-state index < -0.39 is 9.85 Å². The number of hydrogen-bond donors (Lipinski definition) is 0. The molecule has 0 saturated heterocycles. The van der Waals surface area contributed by atoms with Gasteiger partial charge in [0.1, 0.15) is 0 Å². The number of nitro benzene ring substituents is 2. The Hall–Kier alpha value is -3.39.